The van der Waals surface area contributed by atoms with E-state index in [1.807, 2.05) is 0 Å². The van der Waals surface area contributed by atoms with Gasteiger partial charge in [0, 0.05) is 19.5 Å². The Morgan fingerprint density at radius 2 is 1.61 bits per heavy atom. The van der Waals surface area contributed by atoms with Crippen LogP contribution in [0.25, 0.3) is 0 Å². The van der Waals surface area contributed by atoms with Crippen LogP contribution in [0.4, 0.5) is 0 Å². The van der Waals surface area contributed by atoms with E-state index in [0.29, 0.717) is 12.8 Å². The Hall–Kier alpha value is -2.21. The fourth-order valence-electron chi connectivity index (χ4n) is 5.62. The molecule has 0 radical (unpaired) electrons. The van der Waals surface area contributed by atoms with Crippen LogP contribution in [0.2, 0.25) is 5.04 Å². The summed E-state index contributed by atoms with van der Waals surface area (Å²) in [6.45, 7) is 12.5. The molecule has 4 rings (SSSR count). The van der Waals surface area contributed by atoms with Gasteiger partial charge >= 0.3 is 5.97 Å². The smallest absolute Gasteiger partial charge is 0.326 e. The number of ether oxygens (including phenoxy) is 1. The van der Waals surface area contributed by atoms with Crippen molar-refractivity contribution in [1.29, 1.82) is 0 Å². The molecule has 2 atom stereocenters. The lowest BCUT2D eigenvalue weighted by atomic mass is 9.92. The zero-order chi connectivity index (χ0) is 22.3. The fourth-order valence-corrected chi connectivity index (χ4v) is 10.3. The largest absolute Gasteiger partial charge is 0.468 e. The van der Waals surface area contributed by atoms with Crippen molar-refractivity contribution in [3.63, 3.8) is 0 Å². The molecule has 2 aromatic rings. The minimum atomic E-state index is -2.66. The molecule has 2 aliphatic heterocycles. The molecule has 5 heteroatoms. The van der Waals surface area contributed by atoms with E-state index in [1.165, 1.54) is 17.5 Å². The third-order valence-corrected chi connectivity index (χ3v) is 12.0. The summed E-state index contributed by atoms with van der Waals surface area (Å²) in [6.07, 6.45) is 1.25. The molecule has 0 aliphatic carbocycles. The molecule has 2 saturated heterocycles. The first-order valence-corrected chi connectivity index (χ1v) is 12.9. The zero-order valence-electron chi connectivity index (χ0n) is 19.1. The summed E-state index contributed by atoms with van der Waals surface area (Å²) in [5.41, 5.74) is 0.455. The van der Waals surface area contributed by atoms with E-state index >= 15 is 0 Å². The molecule has 31 heavy (non-hydrogen) atoms. The van der Waals surface area contributed by atoms with Gasteiger partial charge in [0.15, 0.2) is 0 Å². The van der Waals surface area contributed by atoms with E-state index in [-0.39, 0.29) is 17.1 Å². The maximum absolute atomic E-state index is 12.9. The topological polar surface area (TPSA) is 38.8 Å². The average Bonchev–Trinajstić information content (AvgIpc) is 3.24. The molecule has 2 aromatic carbocycles. The molecule has 0 spiro atoms. The van der Waals surface area contributed by atoms with Crippen molar-refractivity contribution < 1.29 is 14.0 Å². The third-order valence-electron chi connectivity index (χ3n) is 6.88. The molecule has 0 bridgehead atoms. The fraction of sp³-hybridized carbons (Fsp3) is 0.423. The Bertz CT molecular complexity index is 914. The van der Waals surface area contributed by atoms with Crippen molar-refractivity contribution in [1.82, 2.24) is 4.90 Å². The molecule has 0 saturated carbocycles. The van der Waals surface area contributed by atoms with Crippen LogP contribution in [-0.2, 0) is 14.0 Å². The van der Waals surface area contributed by atoms with Crippen LogP contribution in [0.5, 0.6) is 0 Å². The number of hydrogen-bond donors (Lipinski definition) is 0. The van der Waals surface area contributed by atoms with E-state index in [1.54, 1.807) is 0 Å². The highest BCUT2D eigenvalue weighted by Crippen LogP contribution is 2.45. The second kappa shape index (κ2) is 8.04. The number of nitrogens with zero attached hydrogens (tertiary/aromatic N) is 1. The maximum Gasteiger partial charge on any atom is 0.326 e. The lowest BCUT2D eigenvalue weighted by Crippen LogP contribution is -2.67. The molecule has 0 N–H and O–H groups in total. The molecular weight excluding hydrogens is 402 g/mol. The van der Waals surface area contributed by atoms with Crippen LogP contribution in [0.3, 0.4) is 0 Å². The van der Waals surface area contributed by atoms with Crippen LogP contribution < -0.4 is 10.4 Å². The average molecular weight is 436 g/mol. The van der Waals surface area contributed by atoms with E-state index in [4.69, 9.17) is 9.16 Å². The van der Waals surface area contributed by atoms with Gasteiger partial charge in [-0.3, -0.25) is 9.69 Å². The second-order valence-electron chi connectivity index (χ2n) is 9.94. The monoisotopic (exact) mass is 435 g/mol. The summed E-state index contributed by atoms with van der Waals surface area (Å²) in [7, 11) is -1.18. The Balaban J connectivity index is 1.78. The number of fused-ring (bicyclic) bond motifs is 1. The molecule has 0 unspecified atom stereocenters. The van der Waals surface area contributed by atoms with Crippen LogP contribution in [-0.4, -0.2) is 51.0 Å². The Morgan fingerprint density at radius 1 is 1.06 bits per heavy atom. The number of carbonyl (C=O) groups excluding carboxylic acids is 1. The highest BCUT2D eigenvalue weighted by Gasteiger charge is 2.59. The molecule has 2 heterocycles. The van der Waals surface area contributed by atoms with Gasteiger partial charge in [-0.2, -0.15) is 0 Å². The highest BCUT2D eigenvalue weighted by molar-refractivity contribution is 6.99. The summed E-state index contributed by atoms with van der Waals surface area (Å²) in [4.78, 5) is 15.1. The van der Waals surface area contributed by atoms with Crippen molar-refractivity contribution in [2.75, 3.05) is 20.2 Å². The summed E-state index contributed by atoms with van der Waals surface area (Å²) < 4.78 is 12.5. The SMILES string of the molecule is C=C1CN2C[C@H](O[Si](c3ccccc3)(c3ccccc3)C(C)(C)C)C[C@@]2(C(=O)OC)C1. The third kappa shape index (κ3) is 3.59. The van der Waals surface area contributed by atoms with Crippen LogP contribution in [0.15, 0.2) is 72.8 Å². The number of rotatable bonds is 5. The Labute approximate surface area is 187 Å². The van der Waals surface area contributed by atoms with Gasteiger partial charge in [0.2, 0.25) is 0 Å². The van der Waals surface area contributed by atoms with Crippen LogP contribution in [0, 0.1) is 0 Å². The van der Waals surface area contributed by atoms with E-state index < -0.39 is 13.9 Å². The second-order valence-corrected chi connectivity index (χ2v) is 14.2. The first kappa shape index (κ1) is 22.0. The van der Waals surface area contributed by atoms with Gasteiger partial charge in [0.25, 0.3) is 8.32 Å². The van der Waals surface area contributed by atoms with Gasteiger partial charge < -0.3 is 9.16 Å². The Morgan fingerprint density at radius 3 is 2.10 bits per heavy atom. The molecular formula is C26H33NO3Si. The van der Waals surface area contributed by atoms with Gasteiger partial charge in [0.1, 0.15) is 5.54 Å². The quantitative estimate of drug-likeness (QED) is 0.409. The minimum Gasteiger partial charge on any atom is -0.468 e. The maximum atomic E-state index is 12.9. The highest BCUT2D eigenvalue weighted by atomic mass is 28.4. The van der Waals surface area contributed by atoms with Gasteiger partial charge in [-0.1, -0.05) is 93.6 Å². The van der Waals surface area contributed by atoms with Crippen LogP contribution in [0.1, 0.15) is 33.6 Å². The molecule has 0 amide bonds. The van der Waals surface area contributed by atoms with Crippen molar-refractivity contribution in [3.8, 4) is 0 Å². The van der Waals surface area contributed by atoms with E-state index in [2.05, 4.69) is 92.9 Å². The van der Waals surface area contributed by atoms with Gasteiger partial charge in [-0.15, -0.1) is 0 Å². The minimum absolute atomic E-state index is 0.0431. The number of carbonyl (C=O) groups is 1. The Kier molecular flexibility index (Phi) is 5.71. The predicted octanol–water partition coefficient (Wildman–Crippen LogP) is 3.51. The summed E-state index contributed by atoms with van der Waals surface area (Å²) >= 11 is 0. The normalized spacial score (nSPS) is 24.3. The zero-order valence-corrected chi connectivity index (χ0v) is 20.1. The van der Waals surface area contributed by atoms with Crippen molar-refractivity contribution in [2.24, 2.45) is 0 Å². The first-order valence-electron chi connectivity index (χ1n) is 11.0. The summed E-state index contributed by atoms with van der Waals surface area (Å²) in [5, 5.41) is 2.43. The molecule has 164 valence electrons. The summed E-state index contributed by atoms with van der Waals surface area (Å²) in [5.74, 6) is -0.167. The van der Waals surface area contributed by atoms with Crippen molar-refractivity contribution >= 4 is 24.7 Å². The van der Waals surface area contributed by atoms with E-state index in [0.717, 1.165) is 18.7 Å². The number of esters is 1. The lowest BCUT2D eigenvalue weighted by molar-refractivity contribution is -0.151. The first-order chi connectivity index (χ1) is 14.7. The van der Waals surface area contributed by atoms with Crippen molar-refractivity contribution in [3.05, 3.63) is 72.8 Å². The lowest BCUT2D eigenvalue weighted by Gasteiger charge is -2.44. The van der Waals surface area contributed by atoms with Gasteiger partial charge in [-0.05, 0) is 21.8 Å². The molecule has 2 fully saturated rings. The number of methoxy groups -OCH3 is 1. The van der Waals surface area contributed by atoms with Gasteiger partial charge in [0.05, 0.1) is 13.2 Å². The predicted molar refractivity (Wildman–Crippen MR) is 127 cm³/mol. The molecule has 2 aliphatic rings. The molecule has 0 aromatic heterocycles. The van der Waals surface area contributed by atoms with Crippen molar-refractivity contribution in [2.45, 2.75) is 50.3 Å². The van der Waals surface area contributed by atoms with Gasteiger partial charge in [-0.25, -0.2) is 0 Å². The number of hydrogen-bond acceptors (Lipinski definition) is 4. The number of benzene rings is 2. The summed E-state index contributed by atoms with van der Waals surface area (Å²) in [6, 6.07) is 21.3. The standard InChI is InChI=1S/C26H33NO3Si/c1-20-16-26(24(28)29-5)17-21(19-27(26)18-20)30-31(25(2,3)4,22-12-8-6-9-13-22)23-14-10-7-11-15-23/h6-15,21H,1,16-19H2,2-5H3/t21-,26-/m1/s1. The molecule has 4 nitrogen and oxygen atoms in total. The van der Waals surface area contributed by atoms with E-state index in [9.17, 15) is 4.79 Å². The van der Waals surface area contributed by atoms with Crippen LogP contribution >= 0.6 is 0 Å².